The van der Waals surface area contributed by atoms with Crippen LogP contribution in [0.25, 0.3) is 0 Å². The van der Waals surface area contributed by atoms with Gasteiger partial charge in [-0.3, -0.25) is 14.4 Å². The molecule has 0 bridgehead atoms. The number of halogens is 1. The van der Waals surface area contributed by atoms with Crippen molar-refractivity contribution in [3.05, 3.63) is 28.2 Å². The smallest absolute Gasteiger partial charge is 0.305 e. The summed E-state index contributed by atoms with van der Waals surface area (Å²) < 4.78 is 5.63. The van der Waals surface area contributed by atoms with E-state index in [2.05, 4.69) is 15.9 Å². The van der Waals surface area contributed by atoms with Crippen LogP contribution in [0.5, 0.6) is 0 Å². The van der Waals surface area contributed by atoms with Crippen LogP contribution in [0.3, 0.4) is 0 Å². The van der Waals surface area contributed by atoms with Crippen molar-refractivity contribution in [2.45, 2.75) is 19.8 Å². The van der Waals surface area contributed by atoms with Crippen LogP contribution in [0.2, 0.25) is 0 Å². The summed E-state index contributed by atoms with van der Waals surface area (Å²) in [6.45, 7) is 2.41. The number of hydrogen-bond acceptors (Lipinski definition) is 4. The van der Waals surface area contributed by atoms with Gasteiger partial charge in [-0.2, -0.15) is 0 Å². The second-order valence-corrected chi connectivity index (χ2v) is 5.27. The fourth-order valence-electron chi connectivity index (χ4n) is 2.10. The molecule has 0 fully saturated rings. The number of benzene rings is 1. The maximum Gasteiger partial charge on any atom is 0.305 e. The van der Waals surface area contributed by atoms with Crippen molar-refractivity contribution in [2.75, 3.05) is 18.1 Å². The van der Waals surface area contributed by atoms with E-state index in [1.807, 2.05) is 0 Å². The molecule has 106 valence electrons. The minimum Gasteiger partial charge on any atom is -0.466 e. The van der Waals surface area contributed by atoms with Gasteiger partial charge in [-0.05, 0) is 31.5 Å². The number of ketones is 1. The highest BCUT2D eigenvalue weighted by Gasteiger charge is 2.35. The van der Waals surface area contributed by atoms with Crippen LogP contribution in [0.4, 0.5) is 5.69 Å². The van der Waals surface area contributed by atoms with Gasteiger partial charge in [0.1, 0.15) is 0 Å². The Kier molecular flexibility index (Phi) is 4.54. The lowest BCUT2D eigenvalue weighted by atomic mass is 10.1. The highest BCUT2D eigenvalue weighted by Crippen LogP contribution is 2.31. The highest BCUT2D eigenvalue weighted by atomic mass is 79.9. The maximum atomic E-state index is 11.9. The molecule has 20 heavy (non-hydrogen) atoms. The van der Waals surface area contributed by atoms with E-state index in [1.54, 1.807) is 25.1 Å². The first-order valence-corrected chi connectivity index (χ1v) is 7.15. The van der Waals surface area contributed by atoms with Crippen LogP contribution >= 0.6 is 15.9 Å². The number of anilines is 1. The number of hydrogen-bond donors (Lipinski definition) is 0. The van der Waals surface area contributed by atoms with Crippen LogP contribution in [0, 0.1) is 0 Å². The molecule has 1 aromatic rings. The molecule has 1 amide bonds. The topological polar surface area (TPSA) is 63.7 Å². The Hall–Kier alpha value is -1.69. The minimum atomic E-state index is -0.540. The van der Waals surface area contributed by atoms with Gasteiger partial charge in [-0.1, -0.05) is 15.9 Å². The lowest BCUT2D eigenvalue weighted by molar-refractivity contribution is -0.143. The summed E-state index contributed by atoms with van der Waals surface area (Å²) in [5.74, 6) is -1.33. The Morgan fingerprint density at radius 1 is 1.35 bits per heavy atom. The van der Waals surface area contributed by atoms with E-state index in [0.29, 0.717) is 30.8 Å². The monoisotopic (exact) mass is 339 g/mol. The average molecular weight is 340 g/mol. The van der Waals surface area contributed by atoms with Crippen molar-refractivity contribution in [3.63, 3.8) is 0 Å². The van der Waals surface area contributed by atoms with E-state index >= 15 is 0 Å². The van der Waals surface area contributed by atoms with Crippen molar-refractivity contribution in [1.29, 1.82) is 0 Å². The number of esters is 1. The molecule has 0 unspecified atom stereocenters. The van der Waals surface area contributed by atoms with Crippen molar-refractivity contribution >= 4 is 39.3 Å². The maximum absolute atomic E-state index is 11.9. The van der Waals surface area contributed by atoms with E-state index in [4.69, 9.17) is 4.74 Å². The zero-order chi connectivity index (χ0) is 14.7. The average Bonchev–Trinajstić information content (AvgIpc) is 2.63. The standard InChI is InChI=1S/C14H14BrNO4/c1-2-20-12(17)4-3-7-16-11-8-9(15)5-6-10(11)13(18)14(16)19/h5-6,8H,2-4,7H2,1H3. The number of ether oxygens (including phenoxy) is 1. The Balaban J connectivity index is 2.06. The third kappa shape index (κ3) is 2.90. The number of rotatable bonds is 5. The number of carbonyl (C=O) groups excluding carboxylic acids is 3. The first-order chi connectivity index (χ1) is 9.54. The first-order valence-electron chi connectivity index (χ1n) is 6.36. The van der Waals surface area contributed by atoms with Gasteiger partial charge in [0.05, 0.1) is 17.9 Å². The molecule has 1 aliphatic heterocycles. The van der Waals surface area contributed by atoms with E-state index in [-0.39, 0.29) is 12.4 Å². The Bertz CT molecular complexity index is 570. The molecule has 0 atom stereocenters. The van der Waals surface area contributed by atoms with Gasteiger partial charge in [0.2, 0.25) is 0 Å². The summed E-state index contributed by atoms with van der Waals surface area (Å²) in [7, 11) is 0. The van der Waals surface area contributed by atoms with Crippen LogP contribution < -0.4 is 4.90 Å². The SMILES string of the molecule is CCOC(=O)CCCN1C(=O)C(=O)c2ccc(Br)cc21. The van der Waals surface area contributed by atoms with Crippen molar-refractivity contribution in [1.82, 2.24) is 0 Å². The molecule has 0 saturated heterocycles. The number of nitrogens with zero attached hydrogens (tertiary/aromatic N) is 1. The van der Waals surface area contributed by atoms with Crippen molar-refractivity contribution in [3.8, 4) is 0 Å². The second kappa shape index (κ2) is 6.17. The molecule has 5 nitrogen and oxygen atoms in total. The van der Waals surface area contributed by atoms with Gasteiger partial charge in [0.25, 0.3) is 11.7 Å². The van der Waals surface area contributed by atoms with Gasteiger partial charge in [0.15, 0.2) is 0 Å². The van der Waals surface area contributed by atoms with E-state index in [9.17, 15) is 14.4 Å². The van der Waals surface area contributed by atoms with Crippen LogP contribution in [0.15, 0.2) is 22.7 Å². The van der Waals surface area contributed by atoms with E-state index in [1.165, 1.54) is 4.90 Å². The summed E-state index contributed by atoms with van der Waals surface area (Å²) >= 11 is 3.32. The number of carbonyl (C=O) groups is 3. The predicted octanol–water partition coefficient (Wildman–Crippen LogP) is 2.32. The summed E-state index contributed by atoms with van der Waals surface area (Å²) in [4.78, 5) is 36.4. The normalized spacial score (nSPS) is 13.6. The van der Waals surface area contributed by atoms with Gasteiger partial charge in [-0.25, -0.2) is 0 Å². The van der Waals surface area contributed by atoms with Crippen LogP contribution in [0.1, 0.15) is 30.1 Å². The molecule has 1 aliphatic rings. The van der Waals surface area contributed by atoms with Crippen LogP contribution in [-0.2, 0) is 14.3 Å². The summed E-state index contributed by atoms with van der Waals surface area (Å²) in [5.41, 5.74) is 1.01. The third-order valence-corrected chi connectivity index (χ3v) is 3.50. The first kappa shape index (κ1) is 14.7. The molecule has 0 aromatic heterocycles. The zero-order valence-corrected chi connectivity index (χ0v) is 12.6. The van der Waals surface area contributed by atoms with Crippen molar-refractivity contribution in [2.24, 2.45) is 0 Å². The molecule has 0 radical (unpaired) electrons. The zero-order valence-electron chi connectivity index (χ0n) is 11.0. The summed E-state index contributed by atoms with van der Waals surface area (Å²) in [5, 5.41) is 0. The molecule has 0 aliphatic carbocycles. The van der Waals surface area contributed by atoms with Crippen LogP contribution in [-0.4, -0.2) is 30.8 Å². The molecular formula is C14H14BrNO4. The summed E-state index contributed by atoms with van der Waals surface area (Å²) in [6.07, 6.45) is 0.693. The molecule has 0 spiro atoms. The Morgan fingerprint density at radius 3 is 2.80 bits per heavy atom. The van der Waals surface area contributed by atoms with E-state index in [0.717, 1.165) is 4.47 Å². The number of fused-ring (bicyclic) bond motifs is 1. The predicted molar refractivity (Wildman–Crippen MR) is 76.7 cm³/mol. The second-order valence-electron chi connectivity index (χ2n) is 4.36. The lowest BCUT2D eigenvalue weighted by Crippen LogP contribution is -2.31. The number of Topliss-reactive ketones (excluding diaryl/α,β-unsaturated/α-hetero) is 1. The molecule has 1 heterocycles. The molecule has 2 rings (SSSR count). The van der Waals surface area contributed by atoms with Gasteiger partial charge in [0, 0.05) is 17.4 Å². The number of amides is 1. The molecule has 1 aromatic carbocycles. The van der Waals surface area contributed by atoms with Gasteiger partial charge < -0.3 is 9.64 Å². The molecule has 0 N–H and O–H groups in total. The quantitative estimate of drug-likeness (QED) is 0.610. The molecule has 0 saturated carbocycles. The molecule has 6 heteroatoms. The third-order valence-electron chi connectivity index (χ3n) is 3.00. The summed E-state index contributed by atoms with van der Waals surface area (Å²) in [6, 6.07) is 5.10. The van der Waals surface area contributed by atoms with E-state index < -0.39 is 11.7 Å². The largest absolute Gasteiger partial charge is 0.466 e. The fraction of sp³-hybridized carbons (Fsp3) is 0.357. The Morgan fingerprint density at radius 2 is 2.10 bits per heavy atom. The Labute approximate surface area is 125 Å². The highest BCUT2D eigenvalue weighted by molar-refractivity contribution is 9.10. The fourth-order valence-corrected chi connectivity index (χ4v) is 2.45. The lowest BCUT2D eigenvalue weighted by Gasteiger charge is -2.16. The van der Waals surface area contributed by atoms with Gasteiger partial charge >= 0.3 is 5.97 Å². The minimum absolute atomic E-state index is 0.231. The molecular weight excluding hydrogens is 326 g/mol. The van der Waals surface area contributed by atoms with Crippen molar-refractivity contribution < 1.29 is 19.1 Å². The van der Waals surface area contributed by atoms with Gasteiger partial charge in [-0.15, -0.1) is 0 Å².